The van der Waals surface area contributed by atoms with Crippen LogP contribution in [-0.2, 0) is 0 Å². The Labute approximate surface area is 846 Å². The van der Waals surface area contributed by atoms with Gasteiger partial charge in [-0.25, -0.2) is 74.8 Å². The molecule has 0 amide bonds. The third kappa shape index (κ3) is 17.6. The lowest BCUT2D eigenvalue weighted by molar-refractivity contribution is 1.01. The minimum atomic E-state index is 0.392. The van der Waals surface area contributed by atoms with Crippen LogP contribution in [0, 0.1) is 0 Å². The fourth-order valence-electron chi connectivity index (χ4n) is 18.8. The summed E-state index contributed by atoms with van der Waals surface area (Å²) in [5, 5.41) is 9.61. The topological polar surface area (TPSA) is 278 Å². The Morgan fingerprint density at radius 3 is 0.662 bits per heavy atom. The summed E-state index contributed by atoms with van der Waals surface area (Å²) in [5.41, 5.74) is 25.4. The van der Waals surface area contributed by atoms with Crippen LogP contribution >= 0.6 is 0 Å². The molecule has 0 saturated heterocycles. The first-order chi connectivity index (χ1) is 73.4. The third-order valence-electron chi connectivity index (χ3n) is 25.6. The molecule has 148 heavy (non-hydrogen) atoms. The van der Waals surface area contributed by atoms with E-state index in [0.29, 0.717) is 58.0 Å². The van der Waals surface area contributed by atoms with Crippen molar-refractivity contribution in [3.8, 4) is 160 Å². The molecule has 0 saturated carbocycles. The summed E-state index contributed by atoms with van der Waals surface area (Å²) < 4.78 is 8.80. The van der Waals surface area contributed by atoms with Crippen LogP contribution in [-0.4, -0.2) is 118 Å². The van der Waals surface area contributed by atoms with Gasteiger partial charge < -0.3 is 18.3 Å². The van der Waals surface area contributed by atoms with Gasteiger partial charge in [-0.3, -0.25) is 24.9 Å². The van der Waals surface area contributed by atoms with Crippen LogP contribution in [0.3, 0.4) is 0 Å². The number of benzene rings is 11. The van der Waals surface area contributed by atoms with Gasteiger partial charge in [-0.2, -0.15) is 0 Å². The van der Waals surface area contributed by atoms with Crippen LogP contribution in [0.1, 0.15) is 0 Å². The van der Waals surface area contributed by atoms with Gasteiger partial charge in [0.1, 0.15) is 11.4 Å². The monoisotopic (exact) mass is 1900 g/mol. The molecular weight excluding hydrogens is 1830 g/mol. The molecule has 17 aromatic heterocycles. The van der Waals surface area contributed by atoms with Gasteiger partial charge in [-0.15, -0.1) is 0 Å². The van der Waals surface area contributed by atoms with Gasteiger partial charge in [0.25, 0.3) is 0 Å². The Kier molecular flexibility index (Phi) is 23.7. The van der Waals surface area contributed by atoms with Crippen molar-refractivity contribution in [2.75, 3.05) is 0 Å². The Balaban J connectivity index is 0.000000103. The van der Waals surface area contributed by atoms with Gasteiger partial charge in [-0.1, -0.05) is 267 Å². The predicted molar refractivity (Wildman–Crippen MR) is 584 cm³/mol. The zero-order valence-corrected chi connectivity index (χ0v) is 78.9. The van der Waals surface area contributed by atoms with E-state index in [1.165, 1.54) is 43.1 Å². The van der Waals surface area contributed by atoms with E-state index in [9.17, 15) is 0 Å². The Morgan fingerprint density at radius 1 is 0.122 bits per heavy atom. The van der Waals surface area contributed by atoms with E-state index in [4.69, 9.17) is 54.8 Å². The first kappa shape index (κ1) is 88.5. The number of hydrogen-bond donors (Lipinski definition) is 0. The van der Waals surface area contributed by atoms with Crippen LogP contribution in [0.5, 0.6) is 0 Å². The highest BCUT2D eigenvalue weighted by atomic mass is 15.1. The van der Waals surface area contributed by atoms with Gasteiger partial charge in [-0.05, 0) is 140 Å². The maximum atomic E-state index is 4.90. The molecule has 0 N–H and O–H groups in total. The van der Waals surface area contributed by atoms with E-state index >= 15 is 0 Å². The standard InChI is InChI=1S/C32H21N5.2C31H20N6.C30H19N7/c1-2-10-22(11-3-1)28-18-23(19-29(36-28)27-14-8-9-17-33-27)32-34-20-24(21-35-32)37-30-15-6-4-12-25(30)26-13-5-7-16-31(26)37;1-3-13-29-23(9-1)24-10-2-4-14-30(24)37(29)22-19-34-31(35-20-22)21-17-27(25-11-5-7-15-32-25)36-28(18-21)26-12-6-8-16-33-26;1-2-10-21(11-3-1)30-35-26(25-14-8-9-17-32-25)18-27(36-30)31-33-19-22(20-34-31)37-28-15-6-4-12-23(28)24-13-5-7-16-29(24)37;1-2-10-20(11-3-1)27-34-28(24-14-8-9-17-31-24)36-30(35-27)29-32-18-21(19-33-29)37-25-15-6-4-12-22(25)23-13-5-7-16-26(23)37/h1-21H;2*1-20H;1-19H. The van der Waals surface area contributed by atoms with Crippen LogP contribution in [0.2, 0.25) is 0 Å². The molecule has 28 aromatic rings. The molecule has 0 fully saturated rings. The van der Waals surface area contributed by atoms with Gasteiger partial charge >= 0.3 is 0 Å². The number of para-hydroxylation sites is 8. The molecule has 0 unspecified atom stereocenters. The zero-order chi connectivity index (χ0) is 98.4. The second kappa shape index (κ2) is 39.6. The average molecular weight is 1910 g/mol. The summed E-state index contributed by atoms with van der Waals surface area (Å²) in [4.78, 5) is 93.9. The molecule has 17 heterocycles. The Bertz CT molecular complexity index is 8120. The summed E-state index contributed by atoms with van der Waals surface area (Å²) in [6.45, 7) is 0. The molecular formula is C124H80N24. The highest BCUT2D eigenvalue weighted by Crippen LogP contribution is 2.40. The fraction of sp³-hybridized carbons (Fsp3) is 0. The average Bonchev–Trinajstić information content (AvgIpc) is 1.61. The minimum Gasteiger partial charge on any atom is -0.306 e. The van der Waals surface area contributed by atoms with Crippen molar-refractivity contribution in [3.63, 3.8) is 0 Å². The van der Waals surface area contributed by atoms with Crippen molar-refractivity contribution in [1.29, 1.82) is 0 Å². The highest BCUT2D eigenvalue weighted by Gasteiger charge is 2.24. The molecule has 696 valence electrons. The second-order valence-electron chi connectivity index (χ2n) is 34.7. The van der Waals surface area contributed by atoms with Crippen LogP contribution in [0.4, 0.5) is 0 Å². The molecule has 0 aliphatic carbocycles. The summed E-state index contributed by atoms with van der Waals surface area (Å²) in [7, 11) is 0. The maximum Gasteiger partial charge on any atom is 0.201 e. The van der Waals surface area contributed by atoms with Crippen molar-refractivity contribution in [3.05, 3.63) is 487 Å². The van der Waals surface area contributed by atoms with Crippen molar-refractivity contribution >= 4 is 87.2 Å². The Morgan fingerprint density at radius 2 is 0.351 bits per heavy atom. The lowest BCUT2D eigenvalue weighted by Gasteiger charge is -2.10. The van der Waals surface area contributed by atoms with Crippen molar-refractivity contribution in [2.24, 2.45) is 0 Å². The second-order valence-corrected chi connectivity index (χ2v) is 34.7. The molecule has 0 radical (unpaired) electrons. The van der Waals surface area contributed by atoms with Gasteiger partial charge in [0.15, 0.2) is 40.8 Å². The largest absolute Gasteiger partial charge is 0.306 e. The van der Waals surface area contributed by atoms with E-state index < -0.39 is 0 Å². The van der Waals surface area contributed by atoms with E-state index in [1.807, 2.05) is 262 Å². The van der Waals surface area contributed by atoms with Gasteiger partial charge in [0.05, 0.1) is 168 Å². The number of fused-ring (bicyclic) bond motifs is 12. The van der Waals surface area contributed by atoms with Crippen molar-refractivity contribution in [1.82, 2.24) is 118 Å². The van der Waals surface area contributed by atoms with Crippen LogP contribution in [0.15, 0.2) is 487 Å². The lowest BCUT2D eigenvalue weighted by Crippen LogP contribution is -2.04. The normalized spacial score (nSPS) is 11.2. The summed E-state index contributed by atoms with van der Waals surface area (Å²) >= 11 is 0. The minimum absolute atomic E-state index is 0.392. The number of pyridine rings is 7. The SMILES string of the molecule is c1ccc(-c2cc(-c3ncc(-n4c5ccccc5c5ccccc54)cn3)cc(-c3ccccn3)n2)cc1.c1ccc(-c2cc(-c3ncc(-n4c5ccccc5c5ccccc54)cn3)cc(-c3ccccn3)n2)nc1.c1ccc(-c2nc(-c3ccccn3)cc(-c3ncc(-n4c5ccccc5c5ccccc54)cn3)n2)cc1.c1ccc(-c2nc(-c3ccccn3)nc(-c3ncc(-n4c5ccccc5c5ccccc54)cn3)n2)cc1. The third-order valence-corrected chi connectivity index (χ3v) is 25.6. The first-order valence-electron chi connectivity index (χ1n) is 48.1. The first-order valence-corrected chi connectivity index (χ1v) is 48.1. The van der Waals surface area contributed by atoms with E-state index in [0.717, 1.165) is 146 Å². The molecule has 24 heteroatoms. The Hall–Kier alpha value is -20.9. The predicted octanol–water partition coefficient (Wildman–Crippen LogP) is 27.0. The van der Waals surface area contributed by atoms with Crippen molar-refractivity contribution < 1.29 is 0 Å². The number of aromatic nitrogens is 24. The smallest absolute Gasteiger partial charge is 0.201 e. The quantitative estimate of drug-likeness (QED) is 0.0869. The number of nitrogens with zero attached hydrogens (tertiary/aromatic N) is 24. The molecule has 11 aromatic carbocycles. The van der Waals surface area contributed by atoms with Gasteiger partial charge in [0, 0.05) is 102 Å². The molecule has 0 aliphatic rings. The zero-order valence-electron chi connectivity index (χ0n) is 78.9. The summed E-state index contributed by atoms with van der Waals surface area (Å²) in [6.07, 6.45) is 23.7. The molecule has 0 spiro atoms. The van der Waals surface area contributed by atoms with Crippen LogP contribution < -0.4 is 0 Å². The van der Waals surface area contributed by atoms with Crippen LogP contribution in [0.25, 0.3) is 247 Å². The number of rotatable bonds is 16. The summed E-state index contributed by atoms with van der Waals surface area (Å²) in [6, 6.07) is 136. The van der Waals surface area contributed by atoms with E-state index in [1.54, 1.807) is 31.0 Å². The van der Waals surface area contributed by atoms with E-state index in [-0.39, 0.29) is 0 Å². The molecule has 0 bridgehead atoms. The number of hydrogen-bond acceptors (Lipinski definition) is 20. The molecule has 28 rings (SSSR count). The maximum absolute atomic E-state index is 4.90. The van der Waals surface area contributed by atoms with Gasteiger partial charge in [0.2, 0.25) is 5.82 Å². The summed E-state index contributed by atoms with van der Waals surface area (Å²) in [5.74, 6) is 4.21. The molecule has 24 nitrogen and oxygen atoms in total. The van der Waals surface area contributed by atoms with Crippen molar-refractivity contribution in [2.45, 2.75) is 0 Å². The van der Waals surface area contributed by atoms with E-state index in [2.05, 4.69) is 257 Å². The molecule has 0 atom stereocenters. The lowest BCUT2D eigenvalue weighted by atomic mass is 10.1. The molecule has 0 aliphatic heterocycles. The highest BCUT2D eigenvalue weighted by molar-refractivity contribution is 6.12. The fourth-order valence-corrected chi connectivity index (χ4v) is 18.8.